The normalized spacial score (nSPS) is 12.5. The Labute approximate surface area is 92.1 Å². The van der Waals surface area contributed by atoms with E-state index in [4.69, 9.17) is 15.2 Å². The Morgan fingerprint density at radius 1 is 1.19 bits per heavy atom. The molecule has 0 saturated carbocycles. The first kappa shape index (κ1) is 10.5. The number of carbonyl (C=O) groups is 2. The fraction of sp³-hybridized carbons (Fsp3) is 0.273. The highest BCUT2D eigenvalue weighted by Crippen LogP contribution is 2.32. The van der Waals surface area contributed by atoms with Crippen molar-refractivity contribution in [1.29, 1.82) is 0 Å². The van der Waals surface area contributed by atoms with Gasteiger partial charge in [-0.3, -0.25) is 9.59 Å². The molecular formula is C11H11NO4. The number of hydrogen-bond donors (Lipinski definition) is 1. The largest absolute Gasteiger partial charge is 0.454 e. The van der Waals surface area contributed by atoms with Gasteiger partial charge in [-0.1, -0.05) is 0 Å². The second-order valence-electron chi connectivity index (χ2n) is 3.46. The summed E-state index contributed by atoms with van der Waals surface area (Å²) < 4.78 is 10.3. The lowest BCUT2D eigenvalue weighted by Crippen LogP contribution is -2.12. The van der Waals surface area contributed by atoms with Crippen molar-refractivity contribution in [2.45, 2.75) is 12.8 Å². The Morgan fingerprint density at radius 3 is 2.69 bits per heavy atom. The molecule has 0 fully saturated rings. The topological polar surface area (TPSA) is 78.6 Å². The molecule has 1 aliphatic heterocycles. The van der Waals surface area contributed by atoms with Gasteiger partial charge in [-0.15, -0.1) is 0 Å². The average Bonchev–Trinajstić information content (AvgIpc) is 2.72. The van der Waals surface area contributed by atoms with Gasteiger partial charge in [-0.25, -0.2) is 0 Å². The molecule has 5 nitrogen and oxygen atoms in total. The van der Waals surface area contributed by atoms with Crippen LogP contribution in [-0.4, -0.2) is 18.5 Å². The zero-order valence-electron chi connectivity index (χ0n) is 8.56. The van der Waals surface area contributed by atoms with E-state index in [1.54, 1.807) is 18.2 Å². The summed E-state index contributed by atoms with van der Waals surface area (Å²) in [6.07, 6.45) is 0.183. The predicted molar refractivity (Wildman–Crippen MR) is 55.3 cm³/mol. The number of fused-ring (bicyclic) bond motifs is 1. The highest BCUT2D eigenvalue weighted by molar-refractivity contribution is 5.98. The SMILES string of the molecule is NC(=O)CCC(=O)c1ccc2c(c1)OCO2. The number of Topliss-reactive ketones (excluding diaryl/α,β-unsaturated/α-hetero) is 1. The molecule has 1 amide bonds. The van der Waals surface area contributed by atoms with Gasteiger partial charge in [0.05, 0.1) is 0 Å². The van der Waals surface area contributed by atoms with Gasteiger partial charge in [0.1, 0.15) is 0 Å². The smallest absolute Gasteiger partial charge is 0.231 e. The Morgan fingerprint density at radius 2 is 1.94 bits per heavy atom. The molecular weight excluding hydrogens is 210 g/mol. The van der Waals surface area contributed by atoms with Gasteiger partial charge in [0, 0.05) is 18.4 Å². The molecule has 2 rings (SSSR count). The van der Waals surface area contributed by atoms with Crippen LogP contribution in [-0.2, 0) is 4.79 Å². The summed E-state index contributed by atoms with van der Waals surface area (Å²) in [6.45, 7) is 0.175. The first-order chi connectivity index (χ1) is 7.66. The van der Waals surface area contributed by atoms with Gasteiger partial charge in [-0.2, -0.15) is 0 Å². The quantitative estimate of drug-likeness (QED) is 0.765. The van der Waals surface area contributed by atoms with Gasteiger partial charge in [0.15, 0.2) is 17.3 Å². The summed E-state index contributed by atoms with van der Waals surface area (Å²) in [5.74, 6) is 0.586. The van der Waals surface area contributed by atoms with E-state index in [2.05, 4.69) is 0 Å². The fourth-order valence-electron chi connectivity index (χ4n) is 1.45. The van der Waals surface area contributed by atoms with E-state index in [0.29, 0.717) is 17.1 Å². The molecule has 0 radical (unpaired) electrons. The van der Waals surface area contributed by atoms with E-state index in [9.17, 15) is 9.59 Å². The molecule has 2 N–H and O–H groups in total. The number of amides is 1. The third-order valence-electron chi connectivity index (χ3n) is 2.29. The maximum Gasteiger partial charge on any atom is 0.231 e. The molecule has 1 aromatic carbocycles. The summed E-state index contributed by atoms with van der Waals surface area (Å²) in [4.78, 5) is 22.2. The van der Waals surface area contributed by atoms with Crippen LogP contribution in [0.25, 0.3) is 0 Å². The molecule has 0 unspecified atom stereocenters. The summed E-state index contributed by atoms with van der Waals surface area (Å²) in [5, 5.41) is 0. The molecule has 0 aliphatic carbocycles. The minimum Gasteiger partial charge on any atom is -0.454 e. The molecule has 16 heavy (non-hydrogen) atoms. The average molecular weight is 221 g/mol. The molecule has 0 aromatic heterocycles. The number of hydrogen-bond acceptors (Lipinski definition) is 4. The summed E-state index contributed by atoms with van der Waals surface area (Å²) in [6, 6.07) is 4.95. The van der Waals surface area contributed by atoms with Crippen LogP contribution in [0.1, 0.15) is 23.2 Å². The lowest BCUT2D eigenvalue weighted by molar-refractivity contribution is -0.118. The van der Waals surface area contributed by atoms with Gasteiger partial charge < -0.3 is 15.2 Å². The standard InChI is InChI=1S/C11H11NO4/c12-11(14)4-2-8(13)7-1-3-9-10(5-7)16-6-15-9/h1,3,5H,2,4,6H2,(H2,12,14). The first-order valence-corrected chi connectivity index (χ1v) is 4.88. The number of rotatable bonds is 4. The summed E-state index contributed by atoms with van der Waals surface area (Å²) >= 11 is 0. The Bertz CT molecular complexity index is 442. The van der Waals surface area contributed by atoms with E-state index < -0.39 is 5.91 Å². The zero-order valence-corrected chi connectivity index (χ0v) is 8.56. The van der Waals surface area contributed by atoms with Crippen molar-refractivity contribution in [3.63, 3.8) is 0 Å². The van der Waals surface area contributed by atoms with Gasteiger partial charge in [0.25, 0.3) is 0 Å². The molecule has 1 aliphatic rings. The van der Waals surface area contributed by atoms with Crippen molar-refractivity contribution >= 4 is 11.7 Å². The van der Waals surface area contributed by atoms with Crippen LogP contribution >= 0.6 is 0 Å². The van der Waals surface area contributed by atoms with Crippen molar-refractivity contribution in [3.05, 3.63) is 23.8 Å². The summed E-state index contributed by atoms with van der Waals surface area (Å²) in [5.41, 5.74) is 5.48. The third kappa shape index (κ3) is 2.13. The van der Waals surface area contributed by atoms with Crippen molar-refractivity contribution in [1.82, 2.24) is 0 Å². The van der Waals surface area contributed by atoms with Crippen LogP contribution in [0.2, 0.25) is 0 Å². The molecule has 0 atom stereocenters. The van der Waals surface area contributed by atoms with Crippen LogP contribution in [0.15, 0.2) is 18.2 Å². The van der Waals surface area contributed by atoms with Crippen LogP contribution < -0.4 is 15.2 Å². The minimum atomic E-state index is -0.478. The van der Waals surface area contributed by atoms with Gasteiger partial charge in [0.2, 0.25) is 12.7 Å². The monoisotopic (exact) mass is 221 g/mol. The molecule has 84 valence electrons. The van der Waals surface area contributed by atoms with E-state index >= 15 is 0 Å². The summed E-state index contributed by atoms with van der Waals surface area (Å²) in [7, 11) is 0. The van der Waals surface area contributed by atoms with Crippen LogP contribution in [0.4, 0.5) is 0 Å². The van der Waals surface area contributed by atoms with Crippen molar-refractivity contribution in [2.24, 2.45) is 5.73 Å². The van der Waals surface area contributed by atoms with Crippen LogP contribution in [0.5, 0.6) is 11.5 Å². The van der Waals surface area contributed by atoms with Crippen molar-refractivity contribution in [2.75, 3.05) is 6.79 Å². The lowest BCUT2D eigenvalue weighted by Gasteiger charge is -2.01. The van der Waals surface area contributed by atoms with E-state index in [0.717, 1.165) is 0 Å². The Kier molecular flexibility index (Phi) is 2.76. The predicted octanol–water partition coefficient (Wildman–Crippen LogP) is 0.863. The number of ketones is 1. The molecule has 1 aromatic rings. The second-order valence-corrected chi connectivity index (χ2v) is 3.46. The van der Waals surface area contributed by atoms with Gasteiger partial charge in [-0.05, 0) is 18.2 Å². The molecule has 0 bridgehead atoms. The molecule has 0 saturated heterocycles. The molecule has 5 heteroatoms. The lowest BCUT2D eigenvalue weighted by atomic mass is 10.1. The van der Waals surface area contributed by atoms with Gasteiger partial charge >= 0.3 is 0 Å². The Balaban J connectivity index is 2.09. The fourth-order valence-corrected chi connectivity index (χ4v) is 1.45. The zero-order chi connectivity index (χ0) is 11.5. The highest BCUT2D eigenvalue weighted by atomic mass is 16.7. The second kappa shape index (κ2) is 4.22. The highest BCUT2D eigenvalue weighted by Gasteiger charge is 2.16. The van der Waals surface area contributed by atoms with E-state index in [1.165, 1.54) is 0 Å². The van der Waals surface area contributed by atoms with Crippen molar-refractivity contribution < 1.29 is 19.1 Å². The molecule has 1 heterocycles. The maximum absolute atomic E-state index is 11.6. The number of primary amides is 1. The first-order valence-electron chi connectivity index (χ1n) is 4.88. The van der Waals surface area contributed by atoms with E-state index in [-0.39, 0.29) is 25.4 Å². The maximum atomic E-state index is 11.6. The Hall–Kier alpha value is -2.04. The molecule has 0 spiro atoms. The number of nitrogens with two attached hydrogens (primary N) is 1. The van der Waals surface area contributed by atoms with Crippen molar-refractivity contribution in [3.8, 4) is 11.5 Å². The number of benzene rings is 1. The minimum absolute atomic E-state index is 0.0628. The number of carbonyl (C=O) groups excluding carboxylic acids is 2. The third-order valence-corrected chi connectivity index (χ3v) is 2.29. The van der Waals surface area contributed by atoms with Crippen LogP contribution in [0, 0.1) is 0 Å². The van der Waals surface area contributed by atoms with E-state index in [1.807, 2.05) is 0 Å². The number of ether oxygens (including phenoxy) is 2. The van der Waals surface area contributed by atoms with Crippen LogP contribution in [0.3, 0.4) is 0 Å².